The molecule has 0 fully saturated rings. The van der Waals surface area contributed by atoms with Crippen molar-refractivity contribution in [1.82, 2.24) is 15.5 Å². The van der Waals surface area contributed by atoms with E-state index in [0.29, 0.717) is 18.5 Å². The number of hydrogen-bond acceptors (Lipinski definition) is 3. The summed E-state index contributed by atoms with van der Waals surface area (Å²) in [5.74, 6) is -3.58. The zero-order chi connectivity index (χ0) is 19.5. The van der Waals surface area contributed by atoms with Crippen LogP contribution < -0.4 is 10.6 Å². The molecule has 0 aliphatic carbocycles. The molecule has 6 nitrogen and oxygen atoms in total. The van der Waals surface area contributed by atoms with Gasteiger partial charge >= 0.3 is 6.18 Å². The van der Waals surface area contributed by atoms with Gasteiger partial charge in [0.25, 0.3) is 0 Å². The summed E-state index contributed by atoms with van der Waals surface area (Å²) in [6, 6.07) is 6.13. The van der Waals surface area contributed by atoms with E-state index in [1.807, 2.05) is 12.1 Å². The Bertz CT molecular complexity index is 706. The molecule has 0 aromatic heterocycles. The van der Waals surface area contributed by atoms with Crippen molar-refractivity contribution < 1.29 is 27.6 Å². The Morgan fingerprint density at radius 2 is 1.92 bits per heavy atom. The summed E-state index contributed by atoms with van der Waals surface area (Å²) in [6.45, 7) is 0.152. The van der Waals surface area contributed by atoms with Gasteiger partial charge in [0.1, 0.15) is 18.5 Å². The predicted molar refractivity (Wildman–Crippen MR) is 86.9 cm³/mol. The van der Waals surface area contributed by atoms with Crippen molar-refractivity contribution in [3.63, 3.8) is 0 Å². The van der Waals surface area contributed by atoms with E-state index in [-0.39, 0.29) is 5.91 Å². The van der Waals surface area contributed by atoms with Crippen molar-refractivity contribution in [3.05, 3.63) is 35.4 Å². The van der Waals surface area contributed by atoms with Gasteiger partial charge in [0.05, 0.1) is 0 Å². The number of amides is 3. The molecule has 0 saturated heterocycles. The number of fused-ring (bicyclic) bond motifs is 1. The molecular formula is C17H20F3N3O3. The first-order valence-electron chi connectivity index (χ1n) is 8.08. The highest BCUT2D eigenvalue weighted by Gasteiger charge is 2.34. The van der Waals surface area contributed by atoms with Crippen molar-refractivity contribution in [2.75, 3.05) is 20.1 Å². The summed E-state index contributed by atoms with van der Waals surface area (Å²) in [7, 11) is 1.60. The maximum Gasteiger partial charge on any atom is 0.405 e. The van der Waals surface area contributed by atoms with Crippen LogP contribution in [0, 0.1) is 5.92 Å². The first-order valence-corrected chi connectivity index (χ1v) is 8.08. The number of nitrogens with zero attached hydrogens (tertiary/aromatic N) is 1. The second-order valence-corrected chi connectivity index (χ2v) is 6.20. The van der Waals surface area contributed by atoms with E-state index >= 15 is 0 Å². The molecule has 2 atom stereocenters. The van der Waals surface area contributed by atoms with Crippen LogP contribution in [0.5, 0.6) is 0 Å². The van der Waals surface area contributed by atoms with E-state index in [0.717, 1.165) is 5.56 Å². The number of alkyl halides is 3. The highest BCUT2D eigenvalue weighted by Crippen LogP contribution is 2.24. The number of likely N-dealkylation sites (N-methyl/N-ethyl adjacent to an activating group) is 1. The van der Waals surface area contributed by atoms with Crippen LogP contribution in [0.25, 0.3) is 0 Å². The number of carbonyl (C=O) groups excluding carboxylic acids is 3. The summed E-state index contributed by atoms with van der Waals surface area (Å²) >= 11 is 0. The smallest absolute Gasteiger partial charge is 0.346 e. The number of halogens is 3. The molecule has 0 bridgehead atoms. The average Bonchev–Trinajstić information content (AvgIpc) is 2.70. The van der Waals surface area contributed by atoms with Gasteiger partial charge in [0.15, 0.2) is 0 Å². The highest BCUT2D eigenvalue weighted by molar-refractivity contribution is 6.01. The average molecular weight is 371 g/mol. The van der Waals surface area contributed by atoms with Crippen LogP contribution in [0.15, 0.2) is 24.3 Å². The van der Waals surface area contributed by atoms with Crippen molar-refractivity contribution in [2.45, 2.75) is 25.6 Å². The minimum Gasteiger partial charge on any atom is -0.346 e. The summed E-state index contributed by atoms with van der Waals surface area (Å²) < 4.78 is 36.6. The van der Waals surface area contributed by atoms with Gasteiger partial charge in [-0.1, -0.05) is 24.3 Å². The lowest BCUT2D eigenvalue weighted by Crippen LogP contribution is -2.46. The quantitative estimate of drug-likeness (QED) is 0.780. The minimum absolute atomic E-state index is 0.341. The van der Waals surface area contributed by atoms with Gasteiger partial charge < -0.3 is 15.5 Å². The van der Waals surface area contributed by atoms with Crippen molar-refractivity contribution in [3.8, 4) is 0 Å². The molecule has 1 aromatic carbocycles. The van der Waals surface area contributed by atoms with Crippen LogP contribution in [0.2, 0.25) is 0 Å². The van der Waals surface area contributed by atoms with Crippen LogP contribution in [-0.4, -0.2) is 48.9 Å². The number of rotatable bonds is 4. The number of nitrogens with one attached hydrogen (secondary N) is 2. The molecule has 26 heavy (non-hydrogen) atoms. The monoisotopic (exact) mass is 371 g/mol. The lowest BCUT2D eigenvalue weighted by molar-refractivity contribution is -0.145. The van der Waals surface area contributed by atoms with Gasteiger partial charge in [-0.3, -0.25) is 14.4 Å². The fourth-order valence-electron chi connectivity index (χ4n) is 2.66. The molecule has 0 spiro atoms. The molecule has 2 rings (SSSR count). The number of hydrogen-bond donors (Lipinski definition) is 2. The minimum atomic E-state index is -4.56. The Balaban J connectivity index is 2.13. The van der Waals surface area contributed by atoms with Gasteiger partial charge in [-0.15, -0.1) is 0 Å². The van der Waals surface area contributed by atoms with Gasteiger partial charge in [-0.25, -0.2) is 0 Å². The molecule has 1 aliphatic heterocycles. The maximum atomic E-state index is 12.6. The Kier molecular flexibility index (Phi) is 5.89. The molecule has 1 heterocycles. The molecule has 0 radical (unpaired) electrons. The van der Waals surface area contributed by atoms with Gasteiger partial charge in [0.2, 0.25) is 17.7 Å². The third kappa shape index (κ3) is 4.74. The second-order valence-electron chi connectivity index (χ2n) is 6.20. The molecule has 142 valence electrons. The van der Waals surface area contributed by atoms with Gasteiger partial charge in [-0.05, 0) is 24.5 Å². The molecule has 0 unspecified atom stereocenters. The molecule has 9 heteroatoms. The summed E-state index contributed by atoms with van der Waals surface area (Å²) in [5.41, 5.74) is 1.52. The zero-order valence-electron chi connectivity index (χ0n) is 14.4. The molecule has 1 aromatic rings. The van der Waals surface area contributed by atoms with Crippen LogP contribution in [-0.2, 0) is 20.8 Å². The lowest BCUT2D eigenvalue weighted by Gasteiger charge is -2.23. The number of carbonyl (C=O) groups is 3. The summed E-state index contributed by atoms with van der Waals surface area (Å²) in [6.07, 6.45) is -3.95. The molecule has 1 aliphatic rings. The Hall–Kier alpha value is -2.58. The van der Waals surface area contributed by atoms with E-state index in [1.165, 1.54) is 11.8 Å². The first kappa shape index (κ1) is 19.7. The van der Waals surface area contributed by atoms with Crippen LogP contribution >= 0.6 is 0 Å². The predicted octanol–water partition coefficient (Wildman–Crippen LogP) is 1.17. The Labute approximate surface area is 148 Å². The molecule has 0 saturated carbocycles. The summed E-state index contributed by atoms with van der Waals surface area (Å²) in [4.78, 5) is 38.1. The fraction of sp³-hybridized carbons (Fsp3) is 0.471. The van der Waals surface area contributed by atoms with Crippen LogP contribution in [0.1, 0.15) is 24.1 Å². The molecular weight excluding hydrogens is 351 g/mol. The van der Waals surface area contributed by atoms with Crippen molar-refractivity contribution in [2.24, 2.45) is 5.92 Å². The Morgan fingerprint density at radius 3 is 2.58 bits per heavy atom. The van der Waals surface area contributed by atoms with Crippen molar-refractivity contribution >= 4 is 17.7 Å². The Morgan fingerprint density at radius 1 is 1.27 bits per heavy atom. The fourth-order valence-corrected chi connectivity index (χ4v) is 2.66. The van der Waals surface area contributed by atoms with Crippen LogP contribution in [0.4, 0.5) is 13.2 Å². The standard InChI is InChI=1S/C17H20F3N3O3/c1-10(14(24)21-9-17(18,19)20)15(25)22-13-12-6-4-3-5-11(12)7-8-23(2)16(13)26/h3-6,10,13H,7-9H2,1-2H3,(H,21,24)(H,22,25)/t10-,13-/m0/s1. The maximum absolute atomic E-state index is 12.6. The van der Waals surface area contributed by atoms with Gasteiger partial charge in [0, 0.05) is 13.6 Å². The molecule has 3 amide bonds. The normalized spacial score (nSPS) is 18.6. The van der Waals surface area contributed by atoms with E-state index in [9.17, 15) is 27.6 Å². The SMILES string of the molecule is C[C@@H](C(=O)NCC(F)(F)F)C(=O)N[C@@H]1C(=O)N(C)CCc2ccccc21. The first-order chi connectivity index (χ1) is 12.1. The van der Waals surface area contributed by atoms with E-state index in [2.05, 4.69) is 5.32 Å². The third-order valence-corrected chi connectivity index (χ3v) is 4.24. The van der Waals surface area contributed by atoms with Gasteiger partial charge in [-0.2, -0.15) is 13.2 Å². The zero-order valence-corrected chi connectivity index (χ0v) is 14.4. The topological polar surface area (TPSA) is 78.5 Å². The second kappa shape index (κ2) is 7.76. The lowest BCUT2D eigenvalue weighted by atomic mass is 9.98. The van der Waals surface area contributed by atoms with E-state index in [4.69, 9.17) is 0 Å². The summed E-state index contributed by atoms with van der Waals surface area (Å²) in [5, 5.41) is 4.17. The largest absolute Gasteiger partial charge is 0.405 e. The highest BCUT2D eigenvalue weighted by atomic mass is 19.4. The van der Waals surface area contributed by atoms with E-state index in [1.54, 1.807) is 24.5 Å². The third-order valence-electron chi connectivity index (χ3n) is 4.24. The van der Waals surface area contributed by atoms with Crippen LogP contribution in [0.3, 0.4) is 0 Å². The number of benzene rings is 1. The molecule has 2 N–H and O–H groups in total. The van der Waals surface area contributed by atoms with Crippen molar-refractivity contribution in [1.29, 1.82) is 0 Å². The van der Waals surface area contributed by atoms with E-state index < -0.39 is 36.5 Å².